The fraction of sp³-hybridized carbons (Fsp3) is 0.250. The molecule has 0 saturated carbocycles. The van der Waals surface area contributed by atoms with Gasteiger partial charge in [0.25, 0.3) is 0 Å². The van der Waals surface area contributed by atoms with Crippen LogP contribution in [0, 0.1) is 0 Å². The smallest absolute Gasteiger partial charge is 0.303 e. The van der Waals surface area contributed by atoms with Crippen LogP contribution in [0.3, 0.4) is 0 Å². The second-order valence-corrected chi connectivity index (χ2v) is 7.76. The molecule has 0 saturated heterocycles. The minimum Gasteiger partial charge on any atom is -0.507 e. The number of carbonyl (C=O) groups is 1. The van der Waals surface area contributed by atoms with Crippen molar-refractivity contribution in [2.24, 2.45) is 0 Å². The monoisotopic (exact) mass is 446 g/mol. The molecule has 0 atom stereocenters. The van der Waals surface area contributed by atoms with Gasteiger partial charge in [0.2, 0.25) is 0 Å². The molecule has 0 unspecified atom stereocenters. The number of aromatic hydroxyl groups is 1. The molecule has 3 aromatic carbocycles. The van der Waals surface area contributed by atoms with Gasteiger partial charge in [-0.15, -0.1) is 0 Å². The minimum atomic E-state index is -0.675. The zero-order valence-corrected chi connectivity index (χ0v) is 19.1. The van der Waals surface area contributed by atoms with E-state index >= 15 is 0 Å². The van der Waals surface area contributed by atoms with Crippen molar-refractivity contribution >= 4 is 16.9 Å². The number of rotatable bonds is 8. The molecule has 0 bridgehead atoms. The molecule has 172 valence electrons. The number of hydrogen-bond donors (Lipinski definition) is 2. The standard InChI is InChI=1S/C21H16O3.C7H14O2/c1-23-16-12-10-14(11-13-16)19-20-17(22)8-5-9-18(20)24-21(19)15-6-3-2-4-7-15;1-2-3-4-5-6-7(8)9/h2-13,22H,1H3;2-6H2,1H3,(H,8,9). The molecule has 1 heterocycles. The third-order valence-electron chi connectivity index (χ3n) is 5.35. The molecular weight excluding hydrogens is 416 g/mol. The summed E-state index contributed by atoms with van der Waals surface area (Å²) in [4.78, 5) is 9.96. The van der Waals surface area contributed by atoms with E-state index in [9.17, 15) is 9.90 Å². The van der Waals surface area contributed by atoms with Gasteiger partial charge in [-0.2, -0.15) is 0 Å². The van der Waals surface area contributed by atoms with Crippen molar-refractivity contribution in [3.8, 4) is 33.9 Å². The van der Waals surface area contributed by atoms with Gasteiger partial charge < -0.3 is 19.4 Å². The first-order valence-electron chi connectivity index (χ1n) is 11.2. The van der Waals surface area contributed by atoms with Crippen LogP contribution in [-0.4, -0.2) is 23.3 Å². The van der Waals surface area contributed by atoms with Gasteiger partial charge in [-0.3, -0.25) is 4.79 Å². The van der Waals surface area contributed by atoms with Crippen LogP contribution in [0.4, 0.5) is 0 Å². The van der Waals surface area contributed by atoms with E-state index in [0.717, 1.165) is 52.8 Å². The minimum absolute atomic E-state index is 0.212. The molecule has 5 heteroatoms. The summed E-state index contributed by atoms with van der Waals surface area (Å²) in [7, 11) is 1.64. The van der Waals surface area contributed by atoms with Gasteiger partial charge in [0.15, 0.2) is 0 Å². The summed E-state index contributed by atoms with van der Waals surface area (Å²) in [6, 6.07) is 23.0. The number of aliphatic carboxylic acids is 1. The Hall–Kier alpha value is -3.73. The molecule has 0 spiro atoms. The highest BCUT2D eigenvalue weighted by atomic mass is 16.5. The van der Waals surface area contributed by atoms with Crippen molar-refractivity contribution in [3.05, 3.63) is 72.8 Å². The molecule has 0 aliphatic rings. The first-order chi connectivity index (χ1) is 16.0. The van der Waals surface area contributed by atoms with Gasteiger partial charge in [-0.05, 0) is 36.2 Å². The third-order valence-corrected chi connectivity index (χ3v) is 5.35. The van der Waals surface area contributed by atoms with Crippen LogP contribution in [0.15, 0.2) is 77.2 Å². The maximum atomic E-state index is 10.4. The van der Waals surface area contributed by atoms with Crippen LogP contribution in [0.5, 0.6) is 11.5 Å². The zero-order valence-electron chi connectivity index (χ0n) is 19.1. The molecule has 33 heavy (non-hydrogen) atoms. The van der Waals surface area contributed by atoms with Gasteiger partial charge in [-0.1, -0.05) is 74.7 Å². The van der Waals surface area contributed by atoms with Crippen LogP contribution >= 0.6 is 0 Å². The molecule has 0 radical (unpaired) electrons. The van der Waals surface area contributed by atoms with E-state index in [0.29, 0.717) is 12.0 Å². The van der Waals surface area contributed by atoms with E-state index in [1.54, 1.807) is 19.2 Å². The van der Waals surface area contributed by atoms with Crippen molar-refractivity contribution in [1.82, 2.24) is 0 Å². The lowest BCUT2D eigenvalue weighted by molar-refractivity contribution is -0.137. The number of carboxylic acids is 1. The normalized spacial score (nSPS) is 10.5. The summed E-state index contributed by atoms with van der Waals surface area (Å²) in [5, 5.41) is 19.3. The number of methoxy groups -OCH3 is 1. The first-order valence-corrected chi connectivity index (χ1v) is 11.2. The Labute approximate surface area is 194 Å². The predicted molar refractivity (Wildman–Crippen MR) is 132 cm³/mol. The van der Waals surface area contributed by atoms with Gasteiger partial charge >= 0.3 is 5.97 Å². The van der Waals surface area contributed by atoms with Gasteiger partial charge in [-0.25, -0.2) is 0 Å². The summed E-state index contributed by atoms with van der Waals surface area (Å²) in [5.74, 6) is 1.07. The Morgan fingerprint density at radius 2 is 1.61 bits per heavy atom. The molecule has 2 N–H and O–H groups in total. The van der Waals surface area contributed by atoms with Gasteiger partial charge in [0.1, 0.15) is 22.8 Å². The van der Waals surface area contributed by atoms with E-state index in [2.05, 4.69) is 6.92 Å². The number of unbranched alkanes of at least 4 members (excludes halogenated alkanes) is 3. The molecule has 4 rings (SSSR count). The van der Waals surface area contributed by atoms with Crippen LogP contribution in [0.1, 0.15) is 39.0 Å². The third kappa shape index (κ3) is 6.16. The summed E-state index contributed by atoms with van der Waals surface area (Å²) in [5.41, 5.74) is 3.49. The zero-order chi connectivity index (χ0) is 23.6. The first kappa shape index (κ1) is 23.9. The molecule has 0 aliphatic carbocycles. The molecule has 0 aliphatic heterocycles. The Morgan fingerprint density at radius 1 is 0.879 bits per heavy atom. The summed E-state index contributed by atoms with van der Waals surface area (Å²) >= 11 is 0. The molecule has 4 aromatic rings. The Kier molecular flexibility index (Phi) is 8.53. The van der Waals surface area contributed by atoms with Gasteiger partial charge in [0, 0.05) is 17.5 Å². The maximum Gasteiger partial charge on any atom is 0.303 e. The average molecular weight is 447 g/mol. The number of hydrogen-bond acceptors (Lipinski definition) is 4. The van der Waals surface area contributed by atoms with Crippen LogP contribution in [0.25, 0.3) is 33.4 Å². The number of benzene rings is 3. The molecular formula is C28H30O5. The van der Waals surface area contributed by atoms with E-state index in [4.69, 9.17) is 14.3 Å². The summed E-state index contributed by atoms with van der Waals surface area (Å²) in [6.07, 6.45) is 4.55. The van der Waals surface area contributed by atoms with E-state index in [1.165, 1.54) is 6.42 Å². The fourth-order valence-electron chi connectivity index (χ4n) is 3.66. The molecule has 0 amide bonds. The lowest BCUT2D eigenvalue weighted by Gasteiger charge is -2.06. The second kappa shape index (κ2) is 11.8. The average Bonchev–Trinajstić information content (AvgIpc) is 3.24. The highest BCUT2D eigenvalue weighted by Gasteiger charge is 2.20. The number of phenolic OH excluding ortho intramolecular Hbond substituents is 1. The Balaban J connectivity index is 0.000000292. The molecule has 0 fully saturated rings. The van der Waals surface area contributed by atoms with E-state index < -0.39 is 5.97 Å². The lowest BCUT2D eigenvalue weighted by atomic mass is 9.98. The number of carboxylic acid groups (broad SMARTS) is 1. The highest BCUT2D eigenvalue weighted by Crippen LogP contribution is 2.44. The number of phenols is 1. The van der Waals surface area contributed by atoms with Crippen molar-refractivity contribution in [1.29, 1.82) is 0 Å². The van der Waals surface area contributed by atoms with E-state index in [-0.39, 0.29) is 5.75 Å². The number of ether oxygens (including phenoxy) is 1. The Bertz CT molecular complexity index is 1160. The Morgan fingerprint density at radius 3 is 2.24 bits per heavy atom. The predicted octanol–water partition coefficient (Wildman–Crippen LogP) is 7.52. The van der Waals surface area contributed by atoms with Gasteiger partial charge in [0.05, 0.1) is 12.5 Å². The molecule has 5 nitrogen and oxygen atoms in total. The highest BCUT2D eigenvalue weighted by molar-refractivity contribution is 6.04. The van der Waals surface area contributed by atoms with Crippen molar-refractivity contribution < 1.29 is 24.2 Å². The fourth-order valence-corrected chi connectivity index (χ4v) is 3.66. The summed E-state index contributed by atoms with van der Waals surface area (Å²) in [6.45, 7) is 2.11. The largest absolute Gasteiger partial charge is 0.507 e. The maximum absolute atomic E-state index is 10.4. The van der Waals surface area contributed by atoms with Crippen molar-refractivity contribution in [2.75, 3.05) is 7.11 Å². The van der Waals surface area contributed by atoms with E-state index in [1.807, 2.05) is 60.7 Å². The van der Waals surface area contributed by atoms with Crippen molar-refractivity contribution in [2.45, 2.75) is 39.0 Å². The number of fused-ring (bicyclic) bond motifs is 1. The summed E-state index contributed by atoms with van der Waals surface area (Å²) < 4.78 is 11.3. The van der Waals surface area contributed by atoms with Crippen molar-refractivity contribution in [3.63, 3.8) is 0 Å². The molecule has 1 aromatic heterocycles. The second-order valence-electron chi connectivity index (χ2n) is 7.76. The topological polar surface area (TPSA) is 79.9 Å². The SMILES string of the molecule is CCCCCCC(=O)O.COc1ccc(-c2c(-c3ccccc3)oc3cccc(O)c23)cc1. The van der Waals surface area contributed by atoms with Crippen LogP contribution in [0.2, 0.25) is 0 Å². The number of furan rings is 1. The van der Waals surface area contributed by atoms with Crippen LogP contribution < -0.4 is 4.74 Å². The quantitative estimate of drug-likeness (QED) is 0.274. The van der Waals surface area contributed by atoms with Crippen LogP contribution in [-0.2, 0) is 4.79 Å². The lowest BCUT2D eigenvalue weighted by Crippen LogP contribution is -1.92.